The number of hydrogen-bond donors (Lipinski definition) is 2. The number of alkyl halides is 7. The molecule has 0 fully saturated rings. The molecular weight excluding hydrogens is 660 g/mol. The second kappa shape index (κ2) is 11.4. The molecule has 1 atom stereocenters. The summed E-state index contributed by atoms with van der Waals surface area (Å²) in [5.74, 6) is -1.80. The molecule has 0 bridgehead atoms. The molecule has 2 amide bonds. The van der Waals surface area contributed by atoms with Crippen LogP contribution >= 0.6 is 22.6 Å². The van der Waals surface area contributed by atoms with Crippen LogP contribution in [0.25, 0.3) is 0 Å². The topological polar surface area (TPSA) is 92.3 Å². The van der Waals surface area contributed by atoms with Gasteiger partial charge in [-0.15, -0.1) is 0 Å². The van der Waals surface area contributed by atoms with Crippen LogP contribution in [0.1, 0.15) is 45.2 Å². The molecule has 2 N–H and O–H groups in total. The number of carbonyl (C=O) groups is 2. The summed E-state index contributed by atoms with van der Waals surface area (Å²) >= 11 is 1.79. The number of sulfone groups is 1. The van der Waals surface area contributed by atoms with E-state index in [0.29, 0.717) is 15.7 Å². The summed E-state index contributed by atoms with van der Waals surface area (Å²) in [5.41, 5.74) is -8.08. The van der Waals surface area contributed by atoms with E-state index in [0.717, 1.165) is 13.2 Å². The fraction of sp³-hybridized carbons (Fsp3) is 0.391. The first-order chi connectivity index (χ1) is 17.2. The Morgan fingerprint density at radius 2 is 1.55 bits per heavy atom. The van der Waals surface area contributed by atoms with Crippen molar-refractivity contribution in [3.8, 4) is 0 Å². The van der Waals surface area contributed by atoms with Gasteiger partial charge >= 0.3 is 18.0 Å². The lowest BCUT2D eigenvalue weighted by atomic mass is 9.92. The molecule has 2 aromatic rings. The van der Waals surface area contributed by atoms with Gasteiger partial charge < -0.3 is 10.6 Å². The van der Waals surface area contributed by atoms with Crippen LogP contribution in [0, 0.1) is 10.5 Å². The lowest BCUT2D eigenvalue weighted by molar-refractivity contribution is -0.348. The maximum Gasteiger partial charge on any atom is 0.435 e. The van der Waals surface area contributed by atoms with Crippen LogP contribution in [0.2, 0.25) is 0 Å². The minimum Gasteiger partial charge on any atom is -0.349 e. The standard InChI is InChI=1S/C23H22F7IN2O4S/c1-12-11-14(21(24,22(25,26)27)23(28,29)30)7-8-17(12)33-19(34)15-5-4-6-16(31)18(15)20(35)32-13(2)9-10-38(3,36)37/h4-8,11,13H,9-10H2,1-3H3,(H,32,35)(H,33,34). The summed E-state index contributed by atoms with van der Waals surface area (Å²) in [5, 5.41) is 4.91. The Morgan fingerprint density at radius 1 is 0.974 bits per heavy atom. The van der Waals surface area contributed by atoms with Gasteiger partial charge in [0.2, 0.25) is 0 Å². The first-order valence-electron chi connectivity index (χ1n) is 10.7. The molecule has 2 aromatic carbocycles. The molecule has 6 nitrogen and oxygen atoms in total. The van der Waals surface area contributed by atoms with Gasteiger partial charge in [0.25, 0.3) is 11.8 Å². The van der Waals surface area contributed by atoms with Gasteiger partial charge in [0, 0.05) is 27.1 Å². The number of hydrogen-bond acceptors (Lipinski definition) is 4. The van der Waals surface area contributed by atoms with Crippen LogP contribution in [0.15, 0.2) is 36.4 Å². The third kappa shape index (κ3) is 7.15. The smallest absolute Gasteiger partial charge is 0.349 e. The Kier molecular flexibility index (Phi) is 9.50. The average molecular weight is 682 g/mol. The van der Waals surface area contributed by atoms with Gasteiger partial charge in [-0.3, -0.25) is 9.59 Å². The highest BCUT2D eigenvalue weighted by Crippen LogP contribution is 2.53. The summed E-state index contributed by atoms with van der Waals surface area (Å²) in [7, 11) is -3.28. The quantitative estimate of drug-likeness (QED) is 0.277. The van der Waals surface area contributed by atoms with Crippen LogP contribution in [0.4, 0.5) is 36.4 Å². The molecule has 1 unspecified atom stereocenters. The van der Waals surface area contributed by atoms with E-state index in [2.05, 4.69) is 10.6 Å². The normalized spacial score (nSPS) is 13.7. The first-order valence-corrected chi connectivity index (χ1v) is 13.8. The zero-order valence-corrected chi connectivity index (χ0v) is 23.0. The van der Waals surface area contributed by atoms with Gasteiger partial charge in [-0.05, 0) is 66.6 Å². The SMILES string of the molecule is Cc1cc(C(F)(C(F)(F)F)C(F)(F)F)ccc1NC(=O)c1cccc(I)c1C(=O)NC(C)CCS(C)(=O)=O. The van der Waals surface area contributed by atoms with Crippen LogP contribution in [0.5, 0.6) is 0 Å². The molecule has 0 aliphatic rings. The second-order valence-electron chi connectivity index (χ2n) is 8.59. The number of nitrogens with one attached hydrogen (secondary N) is 2. The number of rotatable bonds is 8. The van der Waals surface area contributed by atoms with E-state index >= 15 is 0 Å². The van der Waals surface area contributed by atoms with E-state index in [1.807, 2.05) is 0 Å². The third-order valence-electron chi connectivity index (χ3n) is 5.44. The van der Waals surface area contributed by atoms with Gasteiger partial charge in [-0.1, -0.05) is 18.2 Å². The fourth-order valence-electron chi connectivity index (χ4n) is 3.40. The zero-order chi connectivity index (χ0) is 29.3. The molecular formula is C23H22F7IN2O4S. The number of halogens is 8. The number of amides is 2. The highest BCUT2D eigenvalue weighted by atomic mass is 127. The van der Waals surface area contributed by atoms with Gasteiger partial charge in [-0.2, -0.15) is 26.3 Å². The van der Waals surface area contributed by atoms with Crippen molar-refractivity contribution in [2.24, 2.45) is 0 Å². The Hall–Kier alpha value is -2.43. The fourth-order valence-corrected chi connectivity index (χ4v) is 4.92. The Balaban J connectivity index is 2.36. The van der Waals surface area contributed by atoms with Crippen LogP contribution < -0.4 is 10.6 Å². The molecule has 0 saturated heterocycles. The van der Waals surface area contributed by atoms with E-state index in [1.54, 1.807) is 29.5 Å². The number of aryl methyl sites for hydroxylation is 1. The Labute approximate surface area is 227 Å². The number of benzene rings is 2. The maximum absolute atomic E-state index is 14.4. The van der Waals surface area contributed by atoms with E-state index in [4.69, 9.17) is 0 Å². The minimum absolute atomic E-state index is 0.0806. The molecule has 0 heterocycles. The Morgan fingerprint density at radius 3 is 2.05 bits per heavy atom. The molecule has 0 radical (unpaired) electrons. The van der Waals surface area contributed by atoms with Crippen molar-refractivity contribution in [1.82, 2.24) is 5.32 Å². The number of carbonyl (C=O) groups excluding carboxylic acids is 2. The molecule has 15 heteroatoms. The van der Waals surface area contributed by atoms with Crippen molar-refractivity contribution < 1.29 is 48.7 Å². The van der Waals surface area contributed by atoms with Gasteiger partial charge in [0.15, 0.2) is 0 Å². The van der Waals surface area contributed by atoms with Gasteiger partial charge in [0.05, 0.1) is 16.9 Å². The lowest BCUT2D eigenvalue weighted by Gasteiger charge is -2.30. The molecule has 38 heavy (non-hydrogen) atoms. The molecule has 2 rings (SSSR count). The van der Waals surface area contributed by atoms with Crippen molar-refractivity contribution in [2.45, 2.75) is 44.3 Å². The molecule has 0 saturated carbocycles. The molecule has 210 valence electrons. The van der Waals surface area contributed by atoms with Gasteiger partial charge in [-0.25, -0.2) is 12.8 Å². The highest BCUT2D eigenvalue weighted by molar-refractivity contribution is 14.1. The van der Waals surface area contributed by atoms with Crippen molar-refractivity contribution in [2.75, 3.05) is 17.3 Å². The van der Waals surface area contributed by atoms with Crippen LogP contribution in [0.3, 0.4) is 0 Å². The molecule has 0 spiro atoms. The van der Waals surface area contributed by atoms with E-state index < -0.39 is 51.3 Å². The van der Waals surface area contributed by atoms with Crippen molar-refractivity contribution >= 4 is 49.9 Å². The lowest BCUT2D eigenvalue weighted by Crippen LogP contribution is -2.50. The monoisotopic (exact) mass is 682 g/mol. The molecule has 0 aliphatic heterocycles. The predicted octanol–water partition coefficient (Wildman–Crippen LogP) is 5.69. The maximum atomic E-state index is 14.4. The zero-order valence-electron chi connectivity index (χ0n) is 20.0. The largest absolute Gasteiger partial charge is 0.435 e. The second-order valence-corrected chi connectivity index (χ2v) is 12.0. The van der Waals surface area contributed by atoms with E-state index in [-0.39, 0.29) is 40.6 Å². The van der Waals surface area contributed by atoms with Crippen molar-refractivity contribution in [3.63, 3.8) is 0 Å². The van der Waals surface area contributed by atoms with Crippen molar-refractivity contribution in [1.29, 1.82) is 0 Å². The van der Waals surface area contributed by atoms with Crippen molar-refractivity contribution in [3.05, 3.63) is 62.2 Å². The average Bonchev–Trinajstić information content (AvgIpc) is 2.76. The van der Waals surface area contributed by atoms with E-state index in [9.17, 15) is 48.7 Å². The summed E-state index contributed by atoms with van der Waals surface area (Å²) in [6.07, 6.45) is -11.4. The van der Waals surface area contributed by atoms with Crippen LogP contribution in [-0.4, -0.2) is 50.6 Å². The van der Waals surface area contributed by atoms with Gasteiger partial charge in [0.1, 0.15) is 9.84 Å². The number of anilines is 1. The van der Waals surface area contributed by atoms with Crippen LogP contribution in [-0.2, 0) is 15.5 Å². The summed E-state index contributed by atoms with van der Waals surface area (Å²) < 4.78 is 116. The molecule has 0 aromatic heterocycles. The highest BCUT2D eigenvalue weighted by Gasteiger charge is 2.73. The summed E-state index contributed by atoms with van der Waals surface area (Å²) in [6, 6.07) is 4.97. The molecule has 0 aliphatic carbocycles. The third-order valence-corrected chi connectivity index (χ3v) is 7.31. The minimum atomic E-state index is -6.29. The predicted molar refractivity (Wildman–Crippen MR) is 134 cm³/mol. The summed E-state index contributed by atoms with van der Waals surface area (Å²) in [4.78, 5) is 25.9. The summed E-state index contributed by atoms with van der Waals surface area (Å²) in [6.45, 7) is 2.65. The Bertz CT molecular complexity index is 1310. The van der Waals surface area contributed by atoms with E-state index in [1.165, 1.54) is 18.2 Å². The first kappa shape index (κ1) is 31.8.